The molecule has 0 radical (unpaired) electrons. The molecule has 2 aromatic carbocycles. The highest BCUT2D eigenvalue weighted by molar-refractivity contribution is 7.99. The lowest BCUT2D eigenvalue weighted by Gasteiger charge is -2.09. The number of hydrogen-bond donors (Lipinski definition) is 1. The Kier molecular flexibility index (Phi) is 6.94. The Morgan fingerprint density at radius 1 is 1.07 bits per heavy atom. The molecule has 1 heterocycles. The number of aryl methyl sites for hydroxylation is 2. The van der Waals surface area contributed by atoms with Crippen LogP contribution in [0.2, 0.25) is 0 Å². The Morgan fingerprint density at radius 2 is 1.80 bits per heavy atom. The number of carbonyl (C=O) groups is 1. The highest BCUT2D eigenvalue weighted by atomic mass is 32.2. The standard InChI is InChI=1S/C21H24N4O3S2/c1-4-25-19(14-30(27,28)18-10-8-15(2)9-11-18)23-24-21(25)29-13-20(26)22-17-7-5-6-16(3)12-17/h5-12H,4,13-14H2,1-3H3,(H,22,26). The summed E-state index contributed by atoms with van der Waals surface area (Å²) in [6.45, 7) is 6.26. The molecule has 9 heteroatoms. The molecule has 0 unspecified atom stereocenters. The molecule has 158 valence electrons. The summed E-state index contributed by atoms with van der Waals surface area (Å²) in [5, 5.41) is 11.5. The highest BCUT2D eigenvalue weighted by Crippen LogP contribution is 2.21. The van der Waals surface area contributed by atoms with E-state index in [1.807, 2.05) is 45.0 Å². The van der Waals surface area contributed by atoms with Gasteiger partial charge in [0, 0.05) is 12.2 Å². The Morgan fingerprint density at radius 3 is 2.47 bits per heavy atom. The second kappa shape index (κ2) is 9.44. The van der Waals surface area contributed by atoms with E-state index in [4.69, 9.17) is 0 Å². The Labute approximate surface area is 180 Å². The zero-order valence-corrected chi connectivity index (χ0v) is 18.8. The number of rotatable bonds is 8. The quantitative estimate of drug-likeness (QED) is 0.533. The smallest absolute Gasteiger partial charge is 0.234 e. The van der Waals surface area contributed by atoms with Crippen molar-refractivity contribution >= 4 is 33.2 Å². The van der Waals surface area contributed by atoms with Gasteiger partial charge in [0.05, 0.1) is 10.6 Å². The van der Waals surface area contributed by atoms with Crippen molar-refractivity contribution in [3.05, 3.63) is 65.5 Å². The SMILES string of the molecule is CCn1c(CS(=O)(=O)c2ccc(C)cc2)nnc1SCC(=O)Nc1cccc(C)c1. The average Bonchev–Trinajstić information content (AvgIpc) is 3.07. The van der Waals surface area contributed by atoms with Crippen LogP contribution >= 0.6 is 11.8 Å². The highest BCUT2D eigenvalue weighted by Gasteiger charge is 2.21. The fourth-order valence-corrected chi connectivity index (χ4v) is 4.99. The summed E-state index contributed by atoms with van der Waals surface area (Å²) < 4.78 is 27.2. The number of amides is 1. The van der Waals surface area contributed by atoms with Gasteiger partial charge in [-0.25, -0.2) is 8.42 Å². The fraction of sp³-hybridized carbons (Fsp3) is 0.286. The molecule has 0 saturated carbocycles. The number of nitrogens with one attached hydrogen (secondary N) is 1. The number of benzene rings is 2. The van der Waals surface area contributed by atoms with Gasteiger partial charge < -0.3 is 9.88 Å². The number of nitrogens with zero attached hydrogens (tertiary/aromatic N) is 3. The summed E-state index contributed by atoms with van der Waals surface area (Å²) in [6.07, 6.45) is 0. The first-order chi connectivity index (χ1) is 14.3. The van der Waals surface area contributed by atoms with Gasteiger partial charge in [-0.1, -0.05) is 41.6 Å². The molecule has 0 aliphatic carbocycles. The van der Waals surface area contributed by atoms with Gasteiger partial charge in [-0.3, -0.25) is 4.79 Å². The minimum atomic E-state index is -3.54. The predicted molar refractivity (Wildman–Crippen MR) is 118 cm³/mol. The van der Waals surface area contributed by atoms with Crippen molar-refractivity contribution in [2.45, 2.75) is 43.1 Å². The molecular weight excluding hydrogens is 420 g/mol. The van der Waals surface area contributed by atoms with Crippen molar-refractivity contribution < 1.29 is 13.2 Å². The topological polar surface area (TPSA) is 93.9 Å². The molecule has 0 spiro atoms. The van der Waals surface area contributed by atoms with Crippen LogP contribution in [0.3, 0.4) is 0 Å². The van der Waals surface area contributed by atoms with E-state index in [0.717, 1.165) is 16.8 Å². The molecule has 1 amide bonds. The minimum Gasteiger partial charge on any atom is -0.325 e. The van der Waals surface area contributed by atoms with Gasteiger partial charge in [0.2, 0.25) is 5.91 Å². The van der Waals surface area contributed by atoms with Gasteiger partial charge >= 0.3 is 0 Å². The van der Waals surface area contributed by atoms with E-state index < -0.39 is 9.84 Å². The molecule has 1 N–H and O–H groups in total. The molecule has 3 aromatic rings. The van der Waals surface area contributed by atoms with Gasteiger partial charge in [0.25, 0.3) is 0 Å². The van der Waals surface area contributed by atoms with Gasteiger partial charge in [-0.2, -0.15) is 0 Å². The lowest BCUT2D eigenvalue weighted by Crippen LogP contribution is -2.15. The summed E-state index contributed by atoms with van der Waals surface area (Å²) in [5.74, 6) is 0.105. The van der Waals surface area contributed by atoms with Crippen LogP contribution in [0.15, 0.2) is 58.6 Å². The summed E-state index contributed by atoms with van der Waals surface area (Å²) in [7, 11) is -3.54. The number of sulfone groups is 1. The lowest BCUT2D eigenvalue weighted by molar-refractivity contribution is -0.113. The Bertz CT molecular complexity index is 1140. The Hall–Kier alpha value is -2.65. The molecule has 0 saturated heterocycles. The van der Waals surface area contributed by atoms with Crippen molar-refractivity contribution in [1.82, 2.24) is 14.8 Å². The fourth-order valence-electron chi connectivity index (χ4n) is 2.90. The van der Waals surface area contributed by atoms with Crippen molar-refractivity contribution in [1.29, 1.82) is 0 Å². The molecule has 3 rings (SSSR count). The zero-order valence-electron chi connectivity index (χ0n) is 17.1. The van der Waals surface area contributed by atoms with Crippen LogP contribution in [-0.4, -0.2) is 34.8 Å². The van der Waals surface area contributed by atoms with E-state index in [0.29, 0.717) is 17.5 Å². The molecular formula is C21H24N4O3S2. The second-order valence-corrected chi connectivity index (χ2v) is 9.85. The molecule has 1 aromatic heterocycles. The first kappa shape index (κ1) is 22.0. The van der Waals surface area contributed by atoms with Crippen LogP contribution < -0.4 is 5.32 Å². The van der Waals surface area contributed by atoms with Gasteiger partial charge in [0.1, 0.15) is 11.6 Å². The van der Waals surface area contributed by atoms with Crippen molar-refractivity contribution in [2.75, 3.05) is 11.1 Å². The molecule has 0 fully saturated rings. The number of aromatic nitrogens is 3. The van der Waals surface area contributed by atoms with Crippen molar-refractivity contribution in [3.63, 3.8) is 0 Å². The largest absolute Gasteiger partial charge is 0.325 e. The third-order valence-electron chi connectivity index (χ3n) is 4.44. The molecule has 30 heavy (non-hydrogen) atoms. The molecule has 0 aliphatic heterocycles. The summed E-state index contributed by atoms with van der Waals surface area (Å²) in [4.78, 5) is 12.5. The van der Waals surface area contributed by atoms with Crippen LogP contribution in [0.1, 0.15) is 23.9 Å². The van der Waals surface area contributed by atoms with Gasteiger partial charge in [-0.15, -0.1) is 10.2 Å². The first-order valence-electron chi connectivity index (χ1n) is 9.49. The Balaban J connectivity index is 1.68. The maximum Gasteiger partial charge on any atom is 0.234 e. The van der Waals surface area contributed by atoms with Gasteiger partial charge in [0.15, 0.2) is 15.0 Å². The van der Waals surface area contributed by atoms with E-state index in [9.17, 15) is 13.2 Å². The van der Waals surface area contributed by atoms with E-state index in [2.05, 4.69) is 15.5 Å². The van der Waals surface area contributed by atoms with Crippen LogP contribution in [0.4, 0.5) is 5.69 Å². The maximum atomic E-state index is 12.7. The normalized spacial score (nSPS) is 11.4. The average molecular weight is 445 g/mol. The van der Waals surface area contributed by atoms with Crippen molar-refractivity contribution in [2.24, 2.45) is 0 Å². The van der Waals surface area contributed by atoms with E-state index in [1.54, 1.807) is 28.8 Å². The lowest BCUT2D eigenvalue weighted by atomic mass is 10.2. The maximum absolute atomic E-state index is 12.7. The van der Waals surface area contributed by atoms with Crippen LogP contribution in [0, 0.1) is 13.8 Å². The number of carbonyl (C=O) groups excluding carboxylic acids is 1. The second-order valence-electron chi connectivity index (χ2n) is 6.92. The molecule has 7 nitrogen and oxygen atoms in total. The summed E-state index contributed by atoms with van der Waals surface area (Å²) in [6, 6.07) is 14.3. The zero-order chi connectivity index (χ0) is 21.7. The van der Waals surface area contributed by atoms with E-state index >= 15 is 0 Å². The van der Waals surface area contributed by atoms with E-state index in [1.165, 1.54) is 11.8 Å². The summed E-state index contributed by atoms with van der Waals surface area (Å²) in [5.41, 5.74) is 2.79. The number of anilines is 1. The van der Waals surface area contributed by atoms with Crippen LogP contribution in [0.25, 0.3) is 0 Å². The van der Waals surface area contributed by atoms with Crippen LogP contribution in [0.5, 0.6) is 0 Å². The molecule has 0 bridgehead atoms. The number of hydrogen-bond acceptors (Lipinski definition) is 6. The minimum absolute atomic E-state index is 0.150. The van der Waals surface area contributed by atoms with Crippen LogP contribution in [-0.2, 0) is 26.9 Å². The molecule has 0 atom stereocenters. The predicted octanol–water partition coefficient (Wildman–Crippen LogP) is 3.62. The third-order valence-corrected chi connectivity index (χ3v) is 7.04. The number of thioether (sulfide) groups is 1. The van der Waals surface area contributed by atoms with Crippen molar-refractivity contribution in [3.8, 4) is 0 Å². The summed E-state index contributed by atoms with van der Waals surface area (Å²) >= 11 is 1.23. The molecule has 0 aliphatic rings. The monoisotopic (exact) mass is 444 g/mol. The van der Waals surface area contributed by atoms with E-state index in [-0.39, 0.29) is 22.3 Å². The first-order valence-corrected chi connectivity index (χ1v) is 12.1. The third kappa shape index (κ3) is 5.48. The van der Waals surface area contributed by atoms with Gasteiger partial charge in [-0.05, 0) is 50.6 Å².